The first-order chi connectivity index (χ1) is 9.92. The molecular formula is C14H19N2NaO4S. The van der Waals surface area contributed by atoms with Gasteiger partial charge in [-0.3, -0.25) is 9.69 Å². The molecule has 0 bridgehead atoms. The molecule has 0 radical (unpaired) electrons. The fourth-order valence-electron chi connectivity index (χ4n) is 2.51. The maximum absolute atomic E-state index is 11.4. The zero-order valence-electron chi connectivity index (χ0n) is 12.7. The van der Waals surface area contributed by atoms with Crippen molar-refractivity contribution >= 4 is 16.0 Å². The van der Waals surface area contributed by atoms with Gasteiger partial charge in [0.15, 0.2) is 0 Å². The van der Waals surface area contributed by atoms with E-state index in [0.717, 1.165) is 32.5 Å². The SMILES string of the molecule is O=C(CS(=O)(=O)[O-])NC1CCN(Cc2ccccc2)CC1.[Na+]. The molecule has 1 aliphatic heterocycles. The van der Waals surface area contributed by atoms with Gasteiger partial charge in [0.2, 0.25) is 5.91 Å². The average molecular weight is 334 g/mol. The first kappa shape index (κ1) is 19.6. The van der Waals surface area contributed by atoms with Gasteiger partial charge < -0.3 is 9.87 Å². The summed E-state index contributed by atoms with van der Waals surface area (Å²) in [6.45, 7) is 2.55. The van der Waals surface area contributed by atoms with Crippen LogP contribution >= 0.6 is 0 Å². The van der Waals surface area contributed by atoms with Crippen molar-refractivity contribution in [2.45, 2.75) is 25.4 Å². The summed E-state index contributed by atoms with van der Waals surface area (Å²) in [5, 5.41) is 2.62. The molecule has 1 fully saturated rings. The molecule has 22 heavy (non-hydrogen) atoms. The largest absolute Gasteiger partial charge is 1.00 e. The number of likely N-dealkylation sites (tertiary alicyclic amines) is 1. The molecule has 0 aliphatic carbocycles. The number of benzene rings is 1. The van der Waals surface area contributed by atoms with E-state index in [9.17, 15) is 17.8 Å². The summed E-state index contributed by atoms with van der Waals surface area (Å²) in [5.41, 5.74) is 1.25. The maximum Gasteiger partial charge on any atom is 1.00 e. The van der Waals surface area contributed by atoms with E-state index in [0.29, 0.717) is 0 Å². The van der Waals surface area contributed by atoms with E-state index in [1.807, 2.05) is 18.2 Å². The minimum atomic E-state index is -4.50. The van der Waals surface area contributed by atoms with E-state index in [4.69, 9.17) is 0 Å². The molecule has 0 saturated carbocycles. The molecule has 1 N–H and O–H groups in total. The van der Waals surface area contributed by atoms with Crippen LogP contribution in [0.2, 0.25) is 0 Å². The third-order valence-electron chi connectivity index (χ3n) is 3.51. The van der Waals surface area contributed by atoms with Gasteiger partial charge in [0.25, 0.3) is 0 Å². The number of piperidine rings is 1. The Morgan fingerprint density at radius 2 is 1.82 bits per heavy atom. The zero-order valence-corrected chi connectivity index (χ0v) is 15.5. The Morgan fingerprint density at radius 3 is 2.36 bits per heavy atom. The summed E-state index contributed by atoms with van der Waals surface area (Å²) in [7, 11) is -4.50. The monoisotopic (exact) mass is 334 g/mol. The molecule has 1 saturated heterocycles. The standard InChI is InChI=1S/C14H20N2O4S.Na/c17-14(11-21(18,19)20)15-13-6-8-16(9-7-13)10-12-4-2-1-3-5-12;/h1-5,13H,6-11H2,(H,15,17)(H,18,19,20);/q;+1/p-1. The van der Waals surface area contributed by atoms with E-state index in [-0.39, 0.29) is 35.6 Å². The van der Waals surface area contributed by atoms with Crippen molar-refractivity contribution in [3.63, 3.8) is 0 Å². The number of hydrogen-bond acceptors (Lipinski definition) is 5. The van der Waals surface area contributed by atoms with Crippen molar-refractivity contribution in [2.75, 3.05) is 18.8 Å². The molecule has 0 atom stereocenters. The molecule has 1 heterocycles. The molecule has 1 amide bonds. The first-order valence-corrected chi connectivity index (χ1v) is 8.49. The molecule has 1 aromatic carbocycles. The summed E-state index contributed by atoms with van der Waals surface area (Å²) in [6.07, 6.45) is 1.52. The Labute approximate surface area is 153 Å². The van der Waals surface area contributed by atoms with Crippen LogP contribution in [0.25, 0.3) is 0 Å². The molecule has 0 aromatic heterocycles. The molecule has 0 unspecified atom stereocenters. The van der Waals surface area contributed by atoms with Crippen molar-refractivity contribution in [3.05, 3.63) is 35.9 Å². The Kier molecular flexibility index (Phi) is 8.02. The van der Waals surface area contributed by atoms with Gasteiger partial charge in [-0.25, -0.2) is 8.42 Å². The van der Waals surface area contributed by atoms with Gasteiger partial charge in [-0.15, -0.1) is 0 Å². The Morgan fingerprint density at radius 1 is 1.23 bits per heavy atom. The van der Waals surface area contributed by atoms with Crippen LogP contribution in [0.15, 0.2) is 30.3 Å². The van der Waals surface area contributed by atoms with E-state index in [2.05, 4.69) is 22.3 Å². The van der Waals surface area contributed by atoms with Crippen molar-refractivity contribution in [2.24, 2.45) is 0 Å². The van der Waals surface area contributed by atoms with E-state index >= 15 is 0 Å². The third kappa shape index (κ3) is 7.21. The van der Waals surface area contributed by atoms with E-state index in [1.165, 1.54) is 5.56 Å². The average Bonchev–Trinajstić information content (AvgIpc) is 2.40. The smallest absolute Gasteiger partial charge is 0.748 e. The van der Waals surface area contributed by atoms with Crippen LogP contribution in [-0.4, -0.2) is 48.7 Å². The third-order valence-corrected chi connectivity index (χ3v) is 4.13. The molecule has 116 valence electrons. The summed E-state index contributed by atoms with van der Waals surface area (Å²) < 4.78 is 31.5. The Balaban J connectivity index is 0.00000242. The second-order valence-electron chi connectivity index (χ2n) is 5.31. The quantitative estimate of drug-likeness (QED) is 0.468. The van der Waals surface area contributed by atoms with Gasteiger partial charge in [-0.2, -0.15) is 0 Å². The van der Waals surface area contributed by atoms with E-state index < -0.39 is 21.8 Å². The predicted molar refractivity (Wildman–Crippen MR) is 77.4 cm³/mol. The number of nitrogens with one attached hydrogen (secondary N) is 1. The number of carbonyl (C=O) groups is 1. The maximum atomic E-state index is 11.4. The van der Waals surface area contributed by atoms with Crippen LogP contribution in [-0.2, 0) is 21.5 Å². The molecule has 2 rings (SSSR count). The molecule has 8 heteroatoms. The van der Waals surface area contributed by atoms with Crippen LogP contribution < -0.4 is 34.9 Å². The van der Waals surface area contributed by atoms with Crippen LogP contribution in [0.3, 0.4) is 0 Å². The molecule has 6 nitrogen and oxygen atoms in total. The van der Waals surface area contributed by atoms with Gasteiger partial charge in [-0.05, 0) is 18.4 Å². The van der Waals surface area contributed by atoms with Crippen LogP contribution in [0.5, 0.6) is 0 Å². The molecule has 1 aromatic rings. The number of amides is 1. The van der Waals surface area contributed by atoms with Crippen molar-refractivity contribution in [1.82, 2.24) is 10.2 Å². The first-order valence-electron chi connectivity index (χ1n) is 6.91. The number of hydrogen-bond donors (Lipinski definition) is 1. The number of carbonyl (C=O) groups excluding carboxylic acids is 1. The van der Waals surface area contributed by atoms with Crippen LogP contribution in [0.1, 0.15) is 18.4 Å². The number of rotatable bonds is 5. The zero-order chi connectivity index (χ0) is 15.3. The molecule has 1 aliphatic rings. The topological polar surface area (TPSA) is 89.5 Å². The second kappa shape index (κ2) is 9.00. The van der Waals surface area contributed by atoms with Gasteiger partial charge in [0.05, 0.1) is 0 Å². The summed E-state index contributed by atoms with van der Waals surface area (Å²) in [4.78, 5) is 13.7. The number of nitrogens with zero attached hydrogens (tertiary/aromatic N) is 1. The fraction of sp³-hybridized carbons (Fsp3) is 0.500. The minimum absolute atomic E-state index is 0. The normalized spacial score (nSPS) is 16.8. The summed E-state index contributed by atoms with van der Waals surface area (Å²) in [5.74, 6) is -1.68. The Hall–Kier alpha value is -0.440. The predicted octanol–water partition coefficient (Wildman–Crippen LogP) is -2.68. The van der Waals surface area contributed by atoms with Crippen molar-refractivity contribution in [3.8, 4) is 0 Å². The van der Waals surface area contributed by atoms with E-state index in [1.54, 1.807) is 0 Å². The van der Waals surface area contributed by atoms with Gasteiger partial charge >= 0.3 is 29.6 Å². The van der Waals surface area contributed by atoms with Crippen molar-refractivity contribution in [1.29, 1.82) is 0 Å². The summed E-state index contributed by atoms with van der Waals surface area (Å²) in [6, 6.07) is 10.1. The second-order valence-corrected chi connectivity index (χ2v) is 6.71. The van der Waals surface area contributed by atoms with Gasteiger partial charge in [-0.1, -0.05) is 30.3 Å². The van der Waals surface area contributed by atoms with Gasteiger partial charge in [0.1, 0.15) is 15.9 Å². The fourth-order valence-corrected chi connectivity index (χ4v) is 2.91. The van der Waals surface area contributed by atoms with Crippen LogP contribution in [0, 0.1) is 0 Å². The van der Waals surface area contributed by atoms with Crippen LogP contribution in [0.4, 0.5) is 0 Å². The molecular weight excluding hydrogens is 315 g/mol. The minimum Gasteiger partial charge on any atom is -0.748 e. The Bertz CT molecular complexity index is 572. The summed E-state index contributed by atoms with van der Waals surface area (Å²) >= 11 is 0. The van der Waals surface area contributed by atoms with Gasteiger partial charge in [0, 0.05) is 25.7 Å². The van der Waals surface area contributed by atoms with Crippen molar-refractivity contribution < 1.29 is 47.3 Å². The molecule has 0 spiro atoms.